The van der Waals surface area contributed by atoms with Crippen LogP contribution in [0, 0.1) is 5.92 Å². The van der Waals surface area contributed by atoms with E-state index >= 15 is 0 Å². The maximum atomic E-state index is 11.0. The van der Waals surface area contributed by atoms with Gasteiger partial charge in [0.2, 0.25) is 0 Å². The lowest BCUT2D eigenvalue weighted by molar-refractivity contribution is -0.140. The Labute approximate surface area is 98.1 Å². The molecule has 0 amide bonds. The van der Waals surface area contributed by atoms with E-state index in [1.807, 2.05) is 0 Å². The van der Waals surface area contributed by atoms with E-state index in [2.05, 4.69) is 4.98 Å². The summed E-state index contributed by atoms with van der Waals surface area (Å²) >= 11 is 1.42. The molecular formula is C11H13NO3S. The molecule has 0 saturated carbocycles. The van der Waals surface area contributed by atoms with Crippen LogP contribution in [0.1, 0.15) is 24.3 Å². The molecule has 0 aromatic carbocycles. The third kappa shape index (κ3) is 3.66. The Balaban J connectivity index is 2.56. The molecule has 0 bridgehead atoms. The minimum absolute atomic E-state index is 0.0737. The predicted molar refractivity (Wildman–Crippen MR) is 61.8 cm³/mol. The lowest BCUT2D eigenvalue weighted by atomic mass is 10.2. The molecule has 0 saturated heterocycles. The summed E-state index contributed by atoms with van der Waals surface area (Å²) in [5, 5.41) is 8.70. The molecule has 1 heterocycles. The first-order chi connectivity index (χ1) is 7.50. The van der Waals surface area contributed by atoms with Crippen LogP contribution in [0.5, 0.6) is 0 Å². The zero-order valence-electron chi connectivity index (χ0n) is 9.14. The summed E-state index contributed by atoms with van der Waals surface area (Å²) in [5.41, 5.74) is 0.427. The molecule has 0 aliphatic rings. The van der Waals surface area contributed by atoms with Crippen molar-refractivity contribution in [1.82, 2.24) is 4.98 Å². The molecule has 16 heavy (non-hydrogen) atoms. The molecule has 0 aliphatic heterocycles. The third-order valence-electron chi connectivity index (χ3n) is 2.02. The van der Waals surface area contributed by atoms with Crippen LogP contribution < -0.4 is 0 Å². The highest BCUT2D eigenvalue weighted by Crippen LogP contribution is 2.20. The van der Waals surface area contributed by atoms with Crippen molar-refractivity contribution in [3.63, 3.8) is 0 Å². The Morgan fingerprint density at radius 2 is 2.19 bits per heavy atom. The summed E-state index contributed by atoms with van der Waals surface area (Å²) in [5.74, 6) is -0.773. The number of aliphatic carboxylic acids is 1. The number of carboxylic acid groups (broad SMARTS) is 1. The predicted octanol–water partition coefficient (Wildman–Crippen LogP) is 2.10. The van der Waals surface area contributed by atoms with Gasteiger partial charge < -0.3 is 5.11 Å². The van der Waals surface area contributed by atoms with Crippen LogP contribution >= 0.6 is 11.8 Å². The summed E-state index contributed by atoms with van der Waals surface area (Å²) < 4.78 is 0. The van der Waals surface area contributed by atoms with Crippen molar-refractivity contribution in [2.75, 3.05) is 5.75 Å². The standard InChI is InChI=1S/C11H13NO3S/c1-7(11(14)15)6-16-9-3-4-10(8(2)13)12-5-9/h3-5,7H,6H2,1-2H3,(H,14,15). The highest BCUT2D eigenvalue weighted by molar-refractivity contribution is 7.99. The first-order valence-corrected chi connectivity index (χ1v) is 5.82. The average Bonchev–Trinajstić information content (AvgIpc) is 2.26. The molecule has 0 fully saturated rings. The molecule has 1 rings (SSSR count). The van der Waals surface area contributed by atoms with Crippen molar-refractivity contribution >= 4 is 23.5 Å². The number of Topliss-reactive ketones (excluding diaryl/α,β-unsaturated/α-hetero) is 1. The molecule has 1 N–H and O–H groups in total. The second kappa shape index (κ2) is 5.65. The number of nitrogens with zero attached hydrogens (tertiary/aromatic N) is 1. The average molecular weight is 239 g/mol. The van der Waals surface area contributed by atoms with Gasteiger partial charge >= 0.3 is 5.97 Å². The fraction of sp³-hybridized carbons (Fsp3) is 0.364. The Hall–Kier alpha value is -1.36. The fourth-order valence-electron chi connectivity index (χ4n) is 0.966. The molecule has 1 aromatic rings. The largest absolute Gasteiger partial charge is 0.481 e. The van der Waals surface area contributed by atoms with E-state index in [1.54, 1.807) is 25.3 Å². The number of carbonyl (C=O) groups excluding carboxylic acids is 1. The van der Waals surface area contributed by atoms with E-state index < -0.39 is 11.9 Å². The highest BCUT2D eigenvalue weighted by atomic mass is 32.2. The monoisotopic (exact) mass is 239 g/mol. The van der Waals surface area contributed by atoms with Crippen LogP contribution in [-0.2, 0) is 4.79 Å². The minimum atomic E-state index is -0.805. The van der Waals surface area contributed by atoms with Gasteiger partial charge in [0.25, 0.3) is 0 Å². The number of thioether (sulfide) groups is 1. The molecule has 1 atom stereocenters. The zero-order valence-corrected chi connectivity index (χ0v) is 9.95. The Morgan fingerprint density at radius 1 is 1.50 bits per heavy atom. The molecule has 0 spiro atoms. The maximum absolute atomic E-state index is 11.0. The molecule has 86 valence electrons. The van der Waals surface area contributed by atoms with E-state index in [9.17, 15) is 9.59 Å². The first kappa shape index (κ1) is 12.7. The molecule has 0 aliphatic carbocycles. The Kier molecular flexibility index (Phi) is 4.49. The molecule has 4 nitrogen and oxygen atoms in total. The number of hydrogen-bond acceptors (Lipinski definition) is 4. The van der Waals surface area contributed by atoms with Crippen LogP contribution in [-0.4, -0.2) is 27.6 Å². The number of pyridine rings is 1. The molecule has 1 unspecified atom stereocenters. The van der Waals surface area contributed by atoms with E-state index in [0.717, 1.165) is 4.90 Å². The Morgan fingerprint density at radius 3 is 2.62 bits per heavy atom. The van der Waals surface area contributed by atoms with E-state index in [0.29, 0.717) is 11.4 Å². The van der Waals surface area contributed by atoms with Crippen LogP contribution in [0.25, 0.3) is 0 Å². The lowest BCUT2D eigenvalue weighted by Gasteiger charge is -2.05. The van der Waals surface area contributed by atoms with Crippen molar-refractivity contribution in [2.45, 2.75) is 18.7 Å². The van der Waals surface area contributed by atoms with Gasteiger partial charge in [-0.15, -0.1) is 11.8 Å². The SMILES string of the molecule is CC(=O)c1ccc(SCC(C)C(=O)O)cn1. The van der Waals surface area contributed by atoms with E-state index in [-0.39, 0.29) is 5.78 Å². The van der Waals surface area contributed by atoms with E-state index in [4.69, 9.17) is 5.11 Å². The van der Waals surface area contributed by atoms with Gasteiger partial charge in [-0.25, -0.2) is 0 Å². The van der Waals surface area contributed by atoms with Crippen LogP contribution in [0.4, 0.5) is 0 Å². The molecule has 1 aromatic heterocycles. The van der Waals surface area contributed by atoms with E-state index in [1.165, 1.54) is 18.7 Å². The van der Waals surface area contributed by atoms with Gasteiger partial charge in [0.15, 0.2) is 5.78 Å². The van der Waals surface area contributed by atoms with Crippen LogP contribution in [0.3, 0.4) is 0 Å². The lowest BCUT2D eigenvalue weighted by Crippen LogP contribution is -2.11. The second-order valence-electron chi connectivity index (χ2n) is 3.49. The Bertz CT molecular complexity index is 389. The van der Waals surface area contributed by atoms with Crippen LogP contribution in [0.2, 0.25) is 0 Å². The number of ketones is 1. The van der Waals surface area contributed by atoms with Gasteiger partial charge in [0.05, 0.1) is 5.92 Å². The summed E-state index contributed by atoms with van der Waals surface area (Å²) in [4.78, 5) is 26.4. The van der Waals surface area contributed by atoms with Gasteiger partial charge in [-0.2, -0.15) is 0 Å². The van der Waals surface area contributed by atoms with Crippen molar-refractivity contribution in [3.05, 3.63) is 24.0 Å². The topological polar surface area (TPSA) is 67.3 Å². The molecular weight excluding hydrogens is 226 g/mol. The third-order valence-corrected chi connectivity index (χ3v) is 3.26. The van der Waals surface area contributed by atoms with Gasteiger partial charge in [-0.05, 0) is 12.1 Å². The van der Waals surface area contributed by atoms with Gasteiger partial charge in [0, 0.05) is 23.8 Å². The van der Waals surface area contributed by atoms with Crippen molar-refractivity contribution < 1.29 is 14.7 Å². The van der Waals surface area contributed by atoms with Crippen LogP contribution in [0.15, 0.2) is 23.2 Å². The van der Waals surface area contributed by atoms with Crippen molar-refractivity contribution in [3.8, 4) is 0 Å². The smallest absolute Gasteiger partial charge is 0.307 e. The van der Waals surface area contributed by atoms with Gasteiger partial charge in [-0.3, -0.25) is 14.6 Å². The number of aromatic nitrogens is 1. The summed E-state index contributed by atoms with van der Waals surface area (Å²) in [7, 11) is 0. The number of carboxylic acids is 1. The minimum Gasteiger partial charge on any atom is -0.481 e. The summed E-state index contributed by atoms with van der Waals surface area (Å²) in [6.07, 6.45) is 1.59. The maximum Gasteiger partial charge on any atom is 0.307 e. The highest BCUT2D eigenvalue weighted by Gasteiger charge is 2.11. The second-order valence-corrected chi connectivity index (χ2v) is 4.58. The molecule has 0 radical (unpaired) electrons. The normalized spacial score (nSPS) is 12.1. The summed E-state index contributed by atoms with van der Waals surface area (Å²) in [6, 6.07) is 3.43. The zero-order chi connectivity index (χ0) is 12.1. The first-order valence-electron chi connectivity index (χ1n) is 4.83. The van der Waals surface area contributed by atoms with Crippen molar-refractivity contribution in [1.29, 1.82) is 0 Å². The number of hydrogen-bond donors (Lipinski definition) is 1. The summed E-state index contributed by atoms with van der Waals surface area (Å²) in [6.45, 7) is 3.12. The molecule has 5 heteroatoms. The number of carbonyl (C=O) groups is 2. The fourth-order valence-corrected chi connectivity index (χ4v) is 1.84. The van der Waals surface area contributed by atoms with Gasteiger partial charge in [0.1, 0.15) is 5.69 Å². The van der Waals surface area contributed by atoms with Gasteiger partial charge in [-0.1, -0.05) is 6.92 Å². The number of rotatable bonds is 5. The quantitative estimate of drug-likeness (QED) is 0.629. The van der Waals surface area contributed by atoms with Crippen molar-refractivity contribution in [2.24, 2.45) is 5.92 Å².